The largest absolute Gasteiger partial charge is 0.496 e. The van der Waals surface area contributed by atoms with Crippen molar-refractivity contribution in [1.82, 2.24) is 5.32 Å². The topological polar surface area (TPSA) is 135 Å². The number of amides is 2. The summed E-state index contributed by atoms with van der Waals surface area (Å²) in [7, 11) is 1.41. The number of benzene rings is 1. The van der Waals surface area contributed by atoms with E-state index < -0.39 is 46.8 Å². The maximum atomic E-state index is 14.4. The average Bonchev–Trinajstić information content (AvgIpc) is 3.27. The Bertz CT molecular complexity index is 1410. The summed E-state index contributed by atoms with van der Waals surface area (Å²) in [6.45, 7) is 9.71. The van der Waals surface area contributed by atoms with Gasteiger partial charge in [-0.05, 0) is 65.3 Å². The number of halogens is 1. The van der Waals surface area contributed by atoms with Crippen LogP contribution < -0.4 is 15.0 Å². The van der Waals surface area contributed by atoms with Gasteiger partial charge in [0.25, 0.3) is 0 Å². The van der Waals surface area contributed by atoms with Crippen molar-refractivity contribution in [2.24, 2.45) is 11.3 Å². The van der Waals surface area contributed by atoms with Gasteiger partial charge in [-0.1, -0.05) is 0 Å². The van der Waals surface area contributed by atoms with Crippen LogP contribution in [0.15, 0.2) is 18.2 Å². The molecule has 0 saturated carbocycles. The van der Waals surface area contributed by atoms with Gasteiger partial charge in [-0.15, -0.1) is 11.3 Å². The number of nitrogens with one attached hydrogen (secondary N) is 1. The van der Waals surface area contributed by atoms with E-state index in [4.69, 9.17) is 19.5 Å². The quantitative estimate of drug-likeness (QED) is 0.209. The number of ketones is 1. The third-order valence-electron chi connectivity index (χ3n) is 7.00. The van der Waals surface area contributed by atoms with Crippen LogP contribution in [0.4, 0.5) is 9.39 Å². The Morgan fingerprint density at radius 2 is 1.95 bits per heavy atom. The van der Waals surface area contributed by atoms with Crippen molar-refractivity contribution in [3.63, 3.8) is 0 Å². The number of methoxy groups -OCH3 is 1. The molecule has 2 aromatic rings. The summed E-state index contributed by atoms with van der Waals surface area (Å²) in [5.74, 6) is -4.08. The number of ether oxygens (including phenoxy) is 3. The Balaban J connectivity index is 2.22. The second-order valence-corrected chi connectivity index (χ2v) is 11.7. The van der Waals surface area contributed by atoms with Gasteiger partial charge >= 0.3 is 5.97 Å². The summed E-state index contributed by atoms with van der Waals surface area (Å²) in [4.78, 5) is 55.9. The zero-order chi connectivity index (χ0) is 31.4. The highest BCUT2D eigenvalue weighted by molar-refractivity contribution is 7.19. The lowest BCUT2D eigenvalue weighted by Crippen LogP contribution is -2.56. The van der Waals surface area contributed by atoms with Crippen LogP contribution in [0.3, 0.4) is 0 Å². The molecule has 42 heavy (non-hydrogen) atoms. The van der Waals surface area contributed by atoms with E-state index in [-0.39, 0.29) is 53.2 Å². The predicted octanol–water partition coefficient (Wildman–Crippen LogP) is 4.75. The fourth-order valence-electron chi connectivity index (χ4n) is 4.88. The number of Topliss-reactive ketones (excluding diaryl/α,β-unsaturated/α-hetero) is 1. The summed E-state index contributed by atoms with van der Waals surface area (Å²) >= 11 is 0.932. The van der Waals surface area contributed by atoms with Crippen molar-refractivity contribution in [3.8, 4) is 11.8 Å². The minimum absolute atomic E-state index is 0.0297. The molecule has 1 aromatic heterocycles. The molecule has 0 fully saturated rings. The van der Waals surface area contributed by atoms with E-state index in [2.05, 4.69) is 5.32 Å². The molecule has 0 aliphatic carbocycles. The van der Waals surface area contributed by atoms with Crippen molar-refractivity contribution >= 4 is 39.9 Å². The molecule has 1 aliphatic heterocycles. The van der Waals surface area contributed by atoms with E-state index in [1.807, 2.05) is 6.07 Å². The fourth-order valence-corrected chi connectivity index (χ4v) is 6.10. The van der Waals surface area contributed by atoms with Crippen LogP contribution in [0.2, 0.25) is 0 Å². The Morgan fingerprint density at radius 1 is 1.26 bits per heavy atom. The first-order valence-electron chi connectivity index (χ1n) is 13.6. The molecule has 1 unspecified atom stereocenters. The van der Waals surface area contributed by atoms with Crippen molar-refractivity contribution in [3.05, 3.63) is 45.6 Å². The van der Waals surface area contributed by atoms with Crippen LogP contribution in [-0.4, -0.2) is 56.5 Å². The van der Waals surface area contributed by atoms with Gasteiger partial charge in [0.15, 0.2) is 5.78 Å². The Morgan fingerprint density at radius 3 is 2.55 bits per heavy atom. The number of hydrogen-bond donors (Lipinski definition) is 1. The molecule has 12 heteroatoms. The van der Waals surface area contributed by atoms with Crippen LogP contribution in [0.1, 0.15) is 78.3 Å². The Hall–Kier alpha value is -3.82. The summed E-state index contributed by atoms with van der Waals surface area (Å²) in [5, 5.41) is 12.1. The minimum atomic E-state index is -1.47. The van der Waals surface area contributed by atoms with Gasteiger partial charge in [0, 0.05) is 11.6 Å². The van der Waals surface area contributed by atoms with Gasteiger partial charge < -0.3 is 19.5 Å². The normalized spacial score (nSPS) is 15.7. The van der Waals surface area contributed by atoms with Crippen LogP contribution >= 0.6 is 11.3 Å². The number of fused-ring (bicyclic) bond motifs is 1. The molecule has 3 rings (SSSR count). The summed E-state index contributed by atoms with van der Waals surface area (Å²) in [6.07, 6.45) is -0.960. The molecule has 0 saturated heterocycles. The fraction of sp³-hybridized carbons (Fsp3) is 0.500. The second kappa shape index (κ2) is 13.4. The number of carbonyl (C=O) groups is 4. The van der Waals surface area contributed by atoms with E-state index in [9.17, 15) is 23.6 Å². The van der Waals surface area contributed by atoms with Crippen LogP contribution in [-0.2, 0) is 19.1 Å². The van der Waals surface area contributed by atoms with Crippen molar-refractivity contribution in [2.75, 3.05) is 31.8 Å². The lowest BCUT2D eigenvalue weighted by atomic mass is 9.71. The summed E-state index contributed by atoms with van der Waals surface area (Å²) in [6, 6.07) is 5.61. The average molecular weight is 602 g/mol. The molecule has 1 N–H and O–H groups in total. The maximum absolute atomic E-state index is 14.4. The predicted molar refractivity (Wildman–Crippen MR) is 154 cm³/mol. The van der Waals surface area contributed by atoms with Gasteiger partial charge in [0.1, 0.15) is 33.5 Å². The lowest BCUT2D eigenvalue weighted by Gasteiger charge is -2.39. The number of hydrogen-bond acceptors (Lipinski definition) is 9. The summed E-state index contributed by atoms with van der Waals surface area (Å²) < 4.78 is 31.0. The van der Waals surface area contributed by atoms with Crippen LogP contribution in [0.25, 0.3) is 0 Å². The molecule has 2 atom stereocenters. The summed E-state index contributed by atoms with van der Waals surface area (Å²) in [5.41, 5.74) is -0.708. The SMILES string of the molecule is CCOC(=O)c1sc2c(c1C)C(=O)C(C(C)(C)C(=O)NC(C)C)C(=O)N2C[C@H](OCCC#N)c1cc(F)ccc1OC. The van der Waals surface area contributed by atoms with Crippen LogP contribution in [0, 0.1) is 35.4 Å². The first-order valence-corrected chi connectivity index (χ1v) is 14.4. The third-order valence-corrected chi connectivity index (χ3v) is 8.30. The van der Waals surface area contributed by atoms with Gasteiger partial charge in [0.05, 0.1) is 50.3 Å². The van der Waals surface area contributed by atoms with Crippen molar-refractivity contribution in [2.45, 2.75) is 60.1 Å². The maximum Gasteiger partial charge on any atom is 0.348 e. The lowest BCUT2D eigenvalue weighted by molar-refractivity contribution is -0.138. The van der Waals surface area contributed by atoms with Crippen LogP contribution in [0.5, 0.6) is 5.75 Å². The Labute approximate surface area is 248 Å². The van der Waals surface area contributed by atoms with Gasteiger partial charge in [-0.3, -0.25) is 19.3 Å². The minimum Gasteiger partial charge on any atom is -0.496 e. The molecule has 0 spiro atoms. The van der Waals surface area contributed by atoms with Gasteiger partial charge in [-0.2, -0.15) is 5.26 Å². The molecule has 10 nitrogen and oxygen atoms in total. The van der Waals surface area contributed by atoms with E-state index in [0.717, 1.165) is 11.3 Å². The first kappa shape index (κ1) is 32.7. The number of anilines is 1. The van der Waals surface area contributed by atoms with Crippen molar-refractivity contribution in [1.29, 1.82) is 5.26 Å². The van der Waals surface area contributed by atoms with Gasteiger partial charge in [-0.25, -0.2) is 9.18 Å². The number of carbonyl (C=O) groups excluding carboxylic acids is 4. The van der Waals surface area contributed by atoms with E-state index >= 15 is 0 Å². The van der Waals surface area contributed by atoms with Gasteiger partial charge in [0.2, 0.25) is 11.8 Å². The smallest absolute Gasteiger partial charge is 0.348 e. The zero-order valence-corrected chi connectivity index (χ0v) is 25.6. The zero-order valence-electron chi connectivity index (χ0n) is 24.8. The van der Waals surface area contributed by atoms with E-state index in [0.29, 0.717) is 11.3 Å². The number of nitriles is 1. The highest BCUT2D eigenvalue weighted by atomic mass is 32.1. The number of esters is 1. The molecule has 2 heterocycles. The molecule has 226 valence electrons. The van der Waals surface area contributed by atoms with E-state index in [1.54, 1.807) is 27.7 Å². The third kappa shape index (κ3) is 6.47. The molecule has 2 amide bonds. The Kier molecular flexibility index (Phi) is 10.5. The molecule has 1 aliphatic rings. The number of thiophene rings is 1. The highest BCUT2D eigenvalue weighted by Gasteiger charge is 2.53. The number of rotatable bonds is 12. The van der Waals surface area contributed by atoms with Crippen molar-refractivity contribution < 1.29 is 37.8 Å². The molecule has 1 aromatic carbocycles. The first-order chi connectivity index (χ1) is 19.8. The second-order valence-electron chi connectivity index (χ2n) is 10.7. The molecule has 0 radical (unpaired) electrons. The standard InChI is InChI=1S/C30H36FN3O7S/c1-8-40-28(37)25-17(4)22-24(35)23(30(5,6)29(38)33-16(2)3)26(36)34(27(22)42-25)15-21(41-13-9-12-32)19-14-18(31)10-11-20(19)39-7/h10-11,14,16,21,23H,8-9,13,15H2,1-7H3,(H,33,38)/t21-,23?/m0/s1. The molecular weight excluding hydrogens is 565 g/mol. The molecular formula is C30H36FN3O7S. The number of nitrogens with zero attached hydrogens (tertiary/aromatic N) is 2. The molecule has 0 bridgehead atoms. The highest BCUT2D eigenvalue weighted by Crippen LogP contribution is 2.47. The monoisotopic (exact) mass is 601 g/mol. The van der Waals surface area contributed by atoms with E-state index in [1.165, 1.54) is 44.1 Å².